The van der Waals surface area contributed by atoms with Crippen LogP contribution >= 0.6 is 0 Å². The molecule has 1 unspecified atom stereocenters. The van der Waals surface area contributed by atoms with Crippen LogP contribution in [0.5, 0.6) is 0 Å². The molecule has 7 heteroatoms. The molecule has 1 aliphatic rings. The second-order valence-electron chi connectivity index (χ2n) is 5.39. The van der Waals surface area contributed by atoms with Crippen LogP contribution < -0.4 is 10.6 Å². The molecule has 2 amide bonds. The number of nitrogens with one attached hydrogen (secondary N) is 2. The molecule has 1 fully saturated rings. The van der Waals surface area contributed by atoms with Gasteiger partial charge in [-0.15, -0.1) is 0 Å². The van der Waals surface area contributed by atoms with Crippen LogP contribution in [0.25, 0.3) is 0 Å². The molecule has 0 bridgehead atoms. The summed E-state index contributed by atoms with van der Waals surface area (Å²) in [4.78, 5) is 23.1. The quantitative estimate of drug-likeness (QED) is 0.707. The average Bonchev–Trinajstić information content (AvgIpc) is 3.14. The van der Waals surface area contributed by atoms with Crippen LogP contribution in [0.4, 0.5) is 4.79 Å². The number of hydrogen-bond donors (Lipinski definition) is 3. The van der Waals surface area contributed by atoms with E-state index in [4.69, 9.17) is 0 Å². The molecular formula is C13H20N4O3. The number of rotatable bonds is 6. The van der Waals surface area contributed by atoms with E-state index in [1.165, 1.54) is 0 Å². The predicted octanol–water partition coefficient (Wildman–Crippen LogP) is 0.515. The summed E-state index contributed by atoms with van der Waals surface area (Å²) in [7, 11) is 1.83. The first-order chi connectivity index (χ1) is 9.41. The van der Waals surface area contributed by atoms with E-state index >= 15 is 0 Å². The van der Waals surface area contributed by atoms with Crippen LogP contribution in [0.2, 0.25) is 0 Å². The highest BCUT2D eigenvalue weighted by Crippen LogP contribution is 2.39. The minimum absolute atomic E-state index is 0.0292. The van der Waals surface area contributed by atoms with E-state index in [0.717, 1.165) is 18.5 Å². The van der Waals surface area contributed by atoms with Gasteiger partial charge in [0.05, 0.1) is 5.69 Å². The van der Waals surface area contributed by atoms with Crippen LogP contribution in [0.15, 0.2) is 12.3 Å². The summed E-state index contributed by atoms with van der Waals surface area (Å²) < 4.78 is 1.70. The average molecular weight is 280 g/mol. The lowest BCUT2D eigenvalue weighted by Gasteiger charge is -2.26. The normalized spacial score (nSPS) is 17.3. The van der Waals surface area contributed by atoms with Gasteiger partial charge in [0.15, 0.2) is 0 Å². The van der Waals surface area contributed by atoms with Gasteiger partial charge in [-0.2, -0.15) is 5.10 Å². The van der Waals surface area contributed by atoms with Crippen molar-refractivity contribution in [3.8, 4) is 0 Å². The van der Waals surface area contributed by atoms with E-state index in [-0.39, 0.29) is 5.92 Å². The molecule has 7 nitrogen and oxygen atoms in total. The van der Waals surface area contributed by atoms with Crippen molar-refractivity contribution in [2.45, 2.75) is 31.7 Å². The number of carbonyl (C=O) groups excluding carboxylic acids is 1. The summed E-state index contributed by atoms with van der Waals surface area (Å²) in [5, 5.41) is 18.7. The van der Waals surface area contributed by atoms with Crippen LogP contribution in [0, 0.1) is 5.92 Å². The summed E-state index contributed by atoms with van der Waals surface area (Å²) in [6.07, 6.45) is 4.14. The van der Waals surface area contributed by atoms with E-state index in [1.54, 1.807) is 11.6 Å². The Morgan fingerprint density at radius 3 is 2.75 bits per heavy atom. The van der Waals surface area contributed by atoms with Gasteiger partial charge in [-0.25, -0.2) is 9.59 Å². The number of nitrogens with zero attached hydrogens (tertiary/aromatic N) is 2. The van der Waals surface area contributed by atoms with Crippen molar-refractivity contribution in [1.29, 1.82) is 0 Å². The van der Waals surface area contributed by atoms with Gasteiger partial charge in [0.1, 0.15) is 5.54 Å². The molecule has 1 saturated carbocycles. The fourth-order valence-corrected chi connectivity index (χ4v) is 2.17. The molecule has 20 heavy (non-hydrogen) atoms. The Bertz CT molecular complexity index is 509. The van der Waals surface area contributed by atoms with E-state index < -0.39 is 17.5 Å². The maximum atomic E-state index is 11.8. The first kappa shape index (κ1) is 14.4. The Balaban J connectivity index is 1.78. The zero-order valence-corrected chi connectivity index (χ0v) is 11.7. The molecule has 0 aromatic carbocycles. The fourth-order valence-electron chi connectivity index (χ4n) is 2.17. The van der Waals surface area contributed by atoms with Gasteiger partial charge in [0.25, 0.3) is 0 Å². The third-order valence-electron chi connectivity index (χ3n) is 3.65. The summed E-state index contributed by atoms with van der Waals surface area (Å²) in [6, 6.07) is 1.43. The van der Waals surface area contributed by atoms with Gasteiger partial charge in [-0.3, -0.25) is 4.68 Å². The maximum absolute atomic E-state index is 11.8. The maximum Gasteiger partial charge on any atom is 0.329 e. The highest BCUT2D eigenvalue weighted by molar-refractivity contribution is 5.86. The molecule has 1 atom stereocenters. The summed E-state index contributed by atoms with van der Waals surface area (Å²) in [6.45, 7) is 1.98. The van der Waals surface area contributed by atoms with Crippen molar-refractivity contribution in [2.24, 2.45) is 13.0 Å². The summed E-state index contributed by atoms with van der Waals surface area (Å²) in [5.41, 5.74) is -0.286. The standard InChI is InChI=1S/C13H20N4O3/c1-13(11(18)19,9-3-4-9)15-12(20)14-7-5-10-6-8-17(2)16-10/h6,8-9H,3-5,7H2,1-2H3,(H,18,19)(H2,14,15,20). The van der Waals surface area contributed by atoms with Gasteiger partial charge in [-0.05, 0) is 31.7 Å². The Morgan fingerprint density at radius 1 is 1.55 bits per heavy atom. The number of hydrogen-bond acceptors (Lipinski definition) is 3. The number of carboxylic acids is 1. The van der Waals surface area contributed by atoms with Gasteiger partial charge in [0.2, 0.25) is 0 Å². The SMILES string of the molecule is Cn1ccc(CCNC(=O)NC(C)(C(=O)O)C2CC2)n1. The van der Waals surface area contributed by atoms with Crippen LogP contribution in [0.1, 0.15) is 25.5 Å². The number of carbonyl (C=O) groups is 2. The van der Waals surface area contributed by atoms with E-state index in [2.05, 4.69) is 15.7 Å². The predicted molar refractivity (Wildman–Crippen MR) is 72.2 cm³/mol. The van der Waals surface area contributed by atoms with E-state index in [1.807, 2.05) is 19.3 Å². The number of aromatic nitrogens is 2. The molecule has 0 spiro atoms. The molecule has 0 saturated heterocycles. The molecule has 110 valence electrons. The zero-order valence-electron chi connectivity index (χ0n) is 11.7. The third-order valence-corrected chi connectivity index (χ3v) is 3.65. The molecule has 0 aliphatic heterocycles. The summed E-state index contributed by atoms with van der Waals surface area (Å²) in [5.74, 6) is -0.957. The Hall–Kier alpha value is -2.05. The molecule has 1 aliphatic carbocycles. The van der Waals surface area contributed by atoms with Crippen LogP contribution in [-0.4, -0.2) is 39.0 Å². The van der Waals surface area contributed by atoms with E-state index in [0.29, 0.717) is 13.0 Å². The first-order valence-electron chi connectivity index (χ1n) is 6.70. The number of aryl methyl sites for hydroxylation is 1. The van der Waals surface area contributed by atoms with Crippen molar-refractivity contribution in [3.05, 3.63) is 18.0 Å². The smallest absolute Gasteiger partial charge is 0.329 e. The van der Waals surface area contributed by atoms with Crippen LogP contribution in [-0.2, 0) is 18.3 Å². The van der Waals surface area contributed by atoms with Crippen molar-refractivity contribution in [1.82, 2.24) is 20.4 Å². The van der Waals surface area contributed by atoms with E-state index in [9.17, 15) is 14.7 Å². The third kappa shape index (κ3) is 3.28. The number of carboxylic acid groups (broad SMARTS) is 1. The minimum atomic E-state index is -1.17. The van der Waals surface area contributed by atoms with Gasteiger partial charge in [0, 0.05) is 26.2 Å². The van der Waals surface area contributed by atoms with Crippen molar-refractivity contribution in [3.63, 3.8) is 0 Å². The topological polar surface area (TPSA) is 96.2 Å². The molecule has 1 aromatic rings. The Labute approximate surface area is 117 Å². The van der Waals surface area contributed by atoms with Gasteiger partial charge in [-0.1, -0.05) is 0 Å². The van der Waals surface area contributed by atoms with Crippen molar-refractivity contribution < 1.29 is 14.7 Å². The Kier molecular flexibility index (Phi) is 3.96. The van der Waals surface area contributed by atoms with Crippen molar-refractivity contribution in [2.75, 3.05) is 6.54 Å². The number of amides is 2. The van der Waals surface area contributed by atoms with Crippen molar-refractivity contribution >= 4 is 12.0 Å². The second kappa shape index (κ2) is 5.52. The minimum Gasteiger partial charge on any atom is -0.480 e. The molecule has 2 rings (SSSR count). The lowest BCUT2D eigenvalue weighted by atomic mass is 9.96. The lowest BCUT2D eigenvalue weighted by Crippen LogP contribution is -2.56. The zero-order chi connectivity index (χ0) is 14.8. The monoisotopic (exact) mass is 280 g/mol. The molecule has 1 heterocycles. The summed E-state index contributed by atoms with van der Waals surface area (Å²) >= 11 is 0. The largest absolute Gasteiger partial charge is 0.480 e. The lowest BCUT2D eigenvalue weighted by molar-refractivity contribution is -0.144. The first-order valence-corrected chi connectivity index (χ1v) is 6.70. The Morgan fingerprint density at radius 2 is 2.25 bits per heavy atom. The van der Waals surface area contributed by atoms with Gasteiger partial charge >= 0.3 is 12.0 Å². The molecule has 0 radical (unpaired) electrons. The molecular weight excluding hydrogens is 260 g/mol. The van der Waals surface area contributed by atoms with Crippen LogP contribution in [0.3, 0.4) is 0 Å². The number of urea groups is 1. The highest BCUT2D eigenvalue weighted by Gasteiger charge is 2.48. The highest BCUT2D eigenvalue weighted by atomic mass is 16.4. The second-order valence-corrected chi connectivity index (χ2v) is 5.39. The van der Waals surface area contributed by atoms with Gasteiger partial charge < -0.3 is 15.7 Å². The number of aliphatic carboxylic acids is 1. The molecule has 1 aromatic heterocycles. The fraction of sp³-hybridized carbons (Fsp3) is 0.615. The molecule has 3 N–H and O–H groups in total.